The molecule has 2 rings (SSSR count). The highest BCUT2D eigenvalue weighted by Gasteiger charge is 2.12. The maximum absolute atomic E-state index is 10.9. The smallest absolute Gasteiger partial charge is 0.258 e. The zero-order valence-electron chi connectivity index (χ0n) is 11.0. The Bertz CT molecular complexity index is 743. The molecule has 0 atom stereocenters. The highest BCUT2D eigenvalue weighted by molar-refractivity contribution is 5.57. The van der Waals surface area contributed by atoms with Gasteiger partial charge in [0, 0.05) is 18.2 Å². The van der Waals surface area contributed by atoms with E-state index in [0.29, 0.717) is 11.3 Å². The molecule has 0 bridgehead atoms. The summed E-state index contributed by atoms with van der Waals surface area (Å²) in [7, 11) is 0. The third-order valence-electron chi connectivity index (χ3n) is 2.75. The average Bonchev–Trinajstić information content (AvgIpc) is 2.46. The van der Waals surface area contributed by atoms with Crippen molar-refractivity contribution in [3.8, 4) is 0 Å². The summed E-state index contributed by atoms with van der Waals surface area (Å²) in [6.07, 6.45) is 0. The summed E-state index contributed by atoms with van der Waals surface area (Å²) in [5, 5.41) is 29.3. The van der Waals surface area contributed by atoms with E-state index in [0.717, 1.165) is 0 Å². The van der Waals surface area contributed by atoms with Crippen LogP contribution in [0.25, 0.3) is 0 Å². The molecule has 21 heavy (non-hydrogen) atoms. The summed E-state index contributed by atoms with van der Waals surface area (Å²) in [6, 6.07) is 10.1. The van der Waals surface area contributed by atoms with Gasteiger partial charge in [0.1, 0.15) is 0 Å². The summed E-state index contributed by atoms with van der Waals surface area (Å²) in [5.74, 6) is 0. The third kappa shape index (κ3) is 3.24. The summed E-state index contributed by atoms with van der Waals surface area (Å²) < 4.78 is 0. The van der Waals surface area contributed by atoms with Crippen molar-refractivity contribution >= 4 is 22.7 Å². The van der Waals surface area contributed by atoms with Crippen molar-refractivity contribution < 1.29 is 9.85 Å². The molecular formula is C13H10N4O4. The quantitative estimate of drug-likeness (QED) is 0.475. The molecule has 0 aliphatic rings. The average molecular weight is 286 g/mol. The van der Waals surface area contributed by atoms with Gasteiger partial charge in [-0.25, -0.2) is 0 Å². The molecule has 0 amide bonds. The summed E-state index contributed by atoms with van der Waals surface area (Å²) in [4.78, 5) is 20.5. The van der Waals surface area contributed by atoms with Gasteiger partial charge >= 0.3 is 0 Å². The maximum Gasteiger partial charge on any atom is 0.296 e. The van der Waals surface area contributed by atoms with Gasteiger partial charge in [-0.3, -0.25) is 20.2 Å². The second kappa shape index (κ2) is 5.87. The predicted octanol–water partition coefficient (Wildman–Crippen LogP) is 4.23. The van der Waals surface area contributed by atoms with Crippen LogP contribution in [0.3, 0.4) is 0 Å². The number of non-ortho nitro benzene ring substituents is 1. The Hall–Kier alpha value is -3.16. The van der Waals surface area contributed by atoms with Crippen LogP contribution < -0.4 is 0 Å². The number of hydrogen-bond acceptors (Lipinski definition) is 6. The second-order valence-corrected chi connectivity index (χ2v) is 4.17. The van der Waals surface area contributed by atoms with Gasteiger partial charge < -0.3 is 0 Å². The number of nitro groups is 2. The molecule has 0 radical (unpaired) electrons. The number of hydrogen-bond donors (Lipinski definition) is 0. The Morgan fingerprint density at radius 1 is 0.905 bits per heavy atom. The fraction of sp³-hybridized carbons (Fsp3) is 0.0769. The van der Waals surface area contributed by atoms with Crippen LogP contribution in [0.4, 0.5) is 22.7 Å². The van der Waals surface area contributed by atoms with E-state index in [-0.39, 0.29) is 17.1 Å². The first-order valence-corrected chi connectivity index (χ1v) is 5.89. The van der Waals surface area contributed by atoms with Crippen LogP contribution in [0.2, 0.25) is 0 Å². The molecular weight excluding hydrogens is 276 g/mol. The minimum atomic E-state index is -0.561. The Morgan fingerprint density at radius 3 is 2.24 bits per heavy atom. The molecule has 8 heteroatoms. The van der Waals surface area contributed by atoms with Crippen LogP contribution in [-0.4, -0.2) is 9.85 Å². The molecule has 0 aromatic heterocycles. The first kappa shape index (κ1) is 14.3. The van der Waals surface area contributed by atoms with Gasteiger partial charge in [-0.15, -0.1) is 10.2 Å². The van der Waals surface area contributed by atoms with E-state index in [1.807, 2.05) is 0 Å². The molecule has 0 N–H and O–H groups in total. The van der Waals surface area contributed by atoms with Gasteiger partial charge in [0.15, 0.2) is 5.69 Å². The zero-order valence-corrected chi connectivity index (χ0v) is 11.0. The lowest BCUT2D eigenvalue weighted by atomic mass is 10.2. The number of aryl methyl sites for hydroxylation is 1. The number of azo groups is 1. The number of nitro benzene ring substituents is 2. The van der Waals surface area contributed by atoms with Crippen LogP contribution >= 0.6 is 0 Å². The van der Waals surface area contributed by atoms with Gasteiger partial charge in [-0.2, -0.15) is 0 Å². The van der Waals surface area contributed by atoms with Crippen molar-refractivity contribution in [2.75, 3.05) is 0 Å². The number of benzene rings is 2. The lowest BCUT2D eigenvalue weighted by Gasteiger charge is -1.99. The summed E-state index contributed by atoms with van der Waals surface area (Å²) in [5.41, 5.74) is 0.778. The number of nitrogens with zero attached hydrogens (tertiary/aromatic N) is 4. The van der Waals surface area contributed by atoms with Crippen molar-refractivity contribution in [2.45, 2.75) is 6.92 Å². The summed E-state index contributed by atoms with van der Waals surface area (Å²) in [6.45, 7) is 1.72. The van der Waals surface area contributed by atoms with Gasteiger partial charge in [0.25, 0.3) is 11.4 Å². The lowest BCUT2D eigenvalue weighted by molar-refractivity contribution is -0.384. The van der Waals surface area contributed by atoms with Gasteiger partial charge in [0.05, 0.1) is 15.5 Å². The summed E-state index contributed by atoms with van der Waals surface area (Å²) >= 11 is 0. The lowest BCUT2D eigenvalue weighted by Crippen LogP contribution is -1.88. The van der Waals surface area contributed by atoms with Crippen molar-refractivity contribution in [3.63, 3.8) is 0 Å². The second-order valence-electron chi connectivity index (χ2n) is 4.17. The fourth-order valence-electron chi connectivity index (χ4n) is 1.63. The maximum atomic E-state index is 10.9. The Labute approximate surface area is 119 Å². The van der Waals surface area contributed by atoms with Crippen LogP contribution in [0.15, 0.2) is 52.7 Å². The fourth-order valence-corrected chi connectivity index (χ4v) is 1.63. The van der Waals surface area contributed by atoms with E-state index in [1.165, 1.54) is 30.3 Å². The van der Waals surface area contributed by atoms with Crippen LogP contribution in [0, 0.1) is 27.2 Å². The number of rotatable bonds is 4. The Morgan fingerprint density at radius 2 is 1.57 bits per heavy atom. The normalized spacial score (nSPS) is 10.7. The molecule has 0 saturated heterocycles. The Kier molecular flexibility index (Phi) is 3.98. The van der Waals surface area contributed by atoms with E-state index in [4.69, 9.17) is 0 Å². The highest BCUT2D eigenvalue weighted by Crippen LogP contribution is 2.30. The van der Waals surface area contributed by atoms with Crippen molar-refractivity contribution in [3.05, 3.63) is 68.3 Å². The first-order chi connectivity index (χ1) is 9.99. The molecule has 0 unspecified atom stereocenters. The van der Waals surface area contributed by atoms with Gasteiger partial charge in [-0.05, 0) is 18.6 Å². The zero-order chi connectivity index (χ0) is 15.4. The van der Waals surface area contributed by atoms with Gasteiger partial charge in [-0.1, -0.05) is 18.2 Å². The molecule has 0 aliphatic heterocycles. The number of para-hydroxylation sites is 1. The van der Waals surface area contributed by atoms with E-state index < -0.39 is 9.85 Å². The predicted molar refractivity (Wildman–Crippen MR) is 75.1 cm³/mol. The standard InChI is InChI=1S/C13H10N4O4/c1-9-6-7-10(16(18)19)8-12(9)15-14-11-4-2-3-5-13(11)17(20)21/h2-8H,1H3. The topological polar surface area (TPSA) is 111 Å². The van der Waals surface area contributed by atoms with Gasteiger partial charge in [0.2, 0.25) is 0 Å². The molecule has 8 nitrogen and oxygen atoms in total. The first-order valence-electron chi connectivity index (χ1n) is 5.89. The molecule has 0 heterocycles. The van der Waals surface area contributed by atoms with Crippen molar-refractivity contribution in [2.24, 2.45) is 10.2 Å². The van der Waals surface area contributed by atoms with E-state index >= 15 is 0 Å². The molecule has 0 fully saturated rings. The molecule has 0 spiro atoms. The van der Waals surface area contributed by atoms with Crippen LogP contribution in [-0.2, 0) is 0 Å². The largest absolute Gasteiger partial charge is 0.296 e. The molecule has 2 aromatic carbocycles. The van der Waals surface area contributed by atoms with Crippen LogP contribution in [0.5, 0.6) is 0 Å². The SMILES string of the molecule is Cc1ccc([N+](=O)[O-])cc1N=Nc1ccccc1[N+](=O)[O-]. The van der Waals surface area contributed by atoms with E-state index in [9.17, 15) is 20.2 Å². The molecule has 0 saturated carbocycles. The monoisotopic (exact) mass is 286 g/mol. The highest BCUT2D eigenvalue weighted by atomic mass is 16.6. The van der Waals surface area contributed by atoms with Crippen molar-refractivity contribution in [1.82, 2.24) is 0 Å². The van der Waals surface area contributed by atoms with Crippen molar-refractivity contribution in [1.29, 1.82) is 0 Å². The molecule has 106 valence electrons. The van der Waals surface area contributed by atoms with Crippen LogP contribution in [0.1, 0.15) is 5.56 Å². The minimum Gasteiger partial charge on any atom is -0.258 e. The van der Waals surface area contributed by atoms with E-state index in [2.05, 4.69) is 10.2 Å². The van der Waals surface area contributed by atoms with E-state index in [1.54, 1.807) is 19.1 Å². The minimum absolute atomic E-state index is 0.0911. The molecule has 0 aliphatic carbocycles. The third-order valence-corrected chi connectivity index (χ3v) is 2.75. The molecule has 2 aromatic rings. The Balaban J connectivity index is 2.40.